The molecule has 0 radical (unpaired) electrons. The normalized spacial score (nSPS) is 10.5. The molecule has 3 aromatic carbocycles. The van der Waals surface area contributed by atoms with E-state index in [-0.39, 0.29) is 0 Å². The second-order valence-corrected chi connectivity index (χ2v) is 5.10. The van der Waals surface area contributed by atoms with Crippen LogP contribution < -0.4 is 14.8 Å². The smallest absolute Gasteiger partial charge is 0.142 e. The summed E-state index contributed by atoms with van der Waals surface area (Å²) in [5.41, 5.74) is 2.15. The molecule has 0 heterocycles. The molecule has 0 amide bonds. The van der Waals surface area contributed by atoms with Crippen LogP contribution in [0.3, 0.4) is 0 Å². The predicted molar refractivity (Wildman–Crippen MR) is 90.8 cm³/mol. The number of methoxy groups -OCH3 is 2. The quantitative estimate of drug-likeness (QED) is 0.753. The molecule has 0 aromatic heterocycles. The zero-order valence-electron chi connectivity index (χ0n) is 12.8. The Morgan fingerprint density at radius 1 is 0.818 bits per heavy atom. The molecular formula is C19H19NO2. The molecule has 0 atom stereocenters. The second kappa shape index (κ2) is 6.39. The lowest BCUT2D eigenvalue weighted by Gasteiger charge is -2.13. The Morgan fingerprint density at radius 3 is 2.41 bits per heavy atom. The number of anilines is 1. The minimum absolute atomic E-state index is 0.731. The van der Waals surface area contributed by atoms with Crippen molar-refractivity contribution in [2.45, 2.75) is 6.54 Å². The van der Waals surface area contributed by atoms with Crippen molar-refractivity contribution in [1.29, 1.82) is 0 Å². The third kappa shape index (κ3) is 2.98. The van der Waals surface area contributed by atoms with E-state index in [9.17, 15) is 0 Å². The average molecular weight is 293 g/mol. The summed E-state index contributed by atoms with van der Waals surface area (Å²) in [5.74, 6) is 1.61. The molecule has 3 aromatic rings. The summed E-state index contributed by atoms with van der Waals surface area (Å²) >= 11 is 0. The highest BCUT2D eigenvalue weighted by atomic mass is 16.5. The molecule has 3 nitrogen and oxygen atoms in total. The Kier molecular flexibility index (Phi) is 4.15. The molecule has 22 heavy (non-hydrogen) atoms. The highest BCUT2D eigenvalue weighted by molar-refractivity contribution is 5.83. The highest BCUT2D eigenvalue weighted by Crippen LogP contribution is 2.29. The van der Waals surface area contributed by atoms with E-state index in [2.05, 4.69) is 47.8 Å². The number of hydrogen-bond acceptors (Lipinski definition) is 3. The predicted octanol–water partition coefficient (Wildman–Crippen LogP) is 4.47. The topological polar surface area (TPSA) is 30.5 Å². The van der Waals surface area contributed by atoms with E-state index in [1.807, 2.05) is 18.2 Å². The van der Waals surface area contributed by atoms with Crippen molar-refractivity contribution >= 4 is 16.5 Å². The van der Waals surface area contributed by atoms with Crippen LogP contribution in [0.5, 0.6) is 11.5 Å². The minimum Gasteiger partial charge on any atom is -0.497 e. The molecule has 0 spiro atoms. The number of fused-ring (bicyclic) bond motifs is 1. The van der Waals surface area contributed by atoms with Crippen LogP contribution in [0, 0.1) is 0 Å². The van der Waals surface area contributed by atoms with Crippen LogP contribution in [-0.2, 0) is 6.54 Å². The number of benzene rings is 3. The van der Waals surface area contributed by atoms with E-state index >= 15 is 0 Å². The van der Waals surface area contributed by atoms with Crippen molar-refractivity contribution < 1.29 is 9.47 Å². The maximum Gasteiger partial charge on any atom is 0.142 e. The minimum atomic E-state index is 0.731. The van der Waals surface area contributed by atoms with Gasteiger partial charge in [0.15, 0.2) is 0 Å². The van der Waals surface area contributed by atoms with Crippen LogP contribution in [0.1, 0.15) is 5.56 Å². The molecule has 0 aliphatic carbocycles. The van der Waals surface area contributed by atoms with Crippen molar-refractivity contribution in [2.24, 2.45) is 0 Å². The maximum absolute atomic E-state index is 5.39. The molecule has 112 valence electrons. The van der Waals surface area contributed by atoms with Gasteiger partial charge in [-0.1, -0.05) is 36.4 Å². The molecule has 1 N–H and O–H groups in total. The van der Waals surface area contributed by atoms with Crippen LogP contribution in [0.15, 0.2) is 60.7 Å². The number of hydrogen-bond donors (Lipinski definition) is 1. The zero-order valence-corrected chi connectivity index (χ0v) is 12.8. The largest absolute Gasteiger partial charge is 0.497 e. The number of rotatable bonds is 5. The highest BCUT2D eigenvalue weighted by Gasteiger charge is 2.05. The van der Waals surface area contributed by atoms with Gasteiger partial charge in [0, 0.05) is 12.6 Å². The maximum atomic E-state index is 5.39. The third-order valence-corrected chi connectivity index (χ3v) is 3.70. The van der Waals surface area contributed by atoms with Crippen molar-refractivity contribution in [3.05, 3.63) is 66.2 Å². The van der Waals surface area contributed by atoms with E-state index in [0.717, 1.165) is 23.7 Å². The van der Waals surface area contributed by atoms with Gasteiger partial charge in [-0.3, -0.25) is 0 Å². The SMILES string of the molecule is COc1ccc(OC)c(NCc2ccc3ccccc3c2)c1. The molecule has 0 saturated heterocycles. The van der Waals surface area contributed by atoms with Gasteiger partial charge >= 0.3 is 0 Å². The van der Waals surface area contributed by atoms with Crippen molar-refractivity contribution in [3.63, 3.8) is 0 Å². The summed E-state index contributed by atoms with van der Waals surface area (Å²) in [6.07, 6.45) is 0. The summed E-state index contributed by atoms with van der Waals surface area (Å²) in [7, 11) is 3.33. The average Bonchev–Trinajstić information content (AvgIpc) is 2.59. The van der Waals surface area contributed by atoms with Gasteiger partial charge in [0.2, 0.25) is 0 Å². The lowest BCUT2D eigenvalue weighted by atomic mass is 10.1. The Labute approximate surface area is 130 Å². The summed E-state index contributed by atoms with van der Waals surface area (Å²) in [5, 5.41) is 5.92. The van der Waals surface area contributed by atoms with Gasteiger partial charge in [0.05, 0.1) is 19.9 Å². The molecular weight excluding hydrogens is 274 g/mol. The van der Waals surface area contributed by atoms with Gasteiger partial charge < -0.3 is 14.8 Å². The van der Waals surface area contributed by atoms with E-state index in [1.165, 1.54) is 16.3 Å². The van der Waals surface area contributed by atoms with Crippen molar-refractivity contribution in [2.75, 3.05) is 19.5 Å². The second-order valence-electron chi connectivity index (χ2n) is 5.10. The first-order valence-corrected chi connectivity index (χ1v) is 7.24. The van der Waals surface area contributed by atoms with Crippen molar-refractivity contribution in [3.8, 4) is 11.5 Å². The van der Waals surface area contributed by atoms with Crippen LogP contribution in [-0.4, -0.2) is 14.2 Å². The summed E-state index contributed by atoms with van der Waals surface area (Å²) in [6.45, 7) is 0.731. The first-order chi connectivity index (χ1) is 10.8. The van der Waals surface area contributed by atoms with Gasteiger partial charge in [-0.05, 0) is 34.5 Å². The lowest BCUT2D eigenvalue weighted by molar-refractivity contribution is 0.404. The first-order valence-electron chi connectivity index (χ1n) is 7.24. The Bertz CT molecular complexity index is 783. The van der Waals surface area contributed by atoms with Crippen LogP contribution in [0.2, 0.25) is 0 Å². The monoisotopic (exact) mass is 293 g/mol. The molecule has 0 aliphatic rings. The number of nitrogens with one attached hydrogen (secondary N) is 1. The molecule has 0 unspecified atom stereocenters. The molecule has 3 heteroatoms. The van der Waals surface area contributed by atoms with E-state index < -0.39 is 0 Å². The molecule has 0 bridgehead atoms. The summed E-state index contributed by atoms with van der Waals surface area (Å²) < 4.78 is 10.7. The van der Waals surface area contributed by atoms with E-state index in [1.54, 1.807) is 14.2 Å². The fourth-order valence-electron chi connectivity index (χ4n) is 2.50. The molecule has 0 saturated carbocycles. The first kappa shape index (κ1) is 14.3. The molecule has 0 fully saturated rings. The van der Waals surface area contributed by atoms with E-state index in [0.29, 0.717) is 0 Å². The van der Waals surface area contributed by atoms with Gasteiger partial charge in [-0.2, -0.15) is 0 Å². The number of ether oxygens (including phenoxy) is 2. The standard InChI is InChI=1S/C19H19NO2/c1-21-17-9-10-19(22-2)18(12-17)20-13-14-7-8-15-5-3-4-6-16(15)11-14/h3-12,20H,13H2,1-2H3. The zero-order chi connectivity index (χ0) is 15.4. The van der Waals surface area contributed by atoms with Gasteiger partial charge in [0.25, 0.3) is 0 Å². The fraction of sp³-hybridized carbons (Fsp3) is 0.158. The van der Waals surface area contributed by atoms with Gasteiger partial charge in [-0.15, -0.1) is 0 Å². The Hall–Kier alpha value is -2.68. The van der Waals surface area contributed by atoms with Crippen LogP contribution in [0.4, 0.5) is 5.69 Å². The van der Waals surface area contributed by atoms with E-state index in [4.69, 9.17) is 9.47 Å². The van der Waals surface area contributed by atoms with Crippen LogP contribution >= 0.6 is 0 Å². The fourth-order valence-corrected chi connectivity index (χ4v) is 2.50. The Balaban J connectivity index is 1.81. The molecule has 0 aliphatic heterocycles. The molecule has 3 rings (SSSR count). The van der Waals surface area contributed by atoms with Crippen molar-refractivity contribution in [1.82, 2.24) is 0 Å². The third-order valence-electron chi connectivity index (χ3n) is 3.70. The Morgan fingerprint density at radius 2 is 1.64 bits per heavy atom. The lowest BCUT2D eigenvalue weighted by Crippen LogP contribution is -2.01. The van der Waals surface area contributed by atoms with Crippen LogP contribution in [0.25, 0.3) is 10.8 Å². The summed E-state index contributed by atoms with van der Waals surface area (Å²) in [6, 6.07) is 20.6. The van der Waals surface area contributed by atoms with Gasteiger partial charge in [-0.25, -0.2) is 0 Å². The van der Waals surface area contributed by atoms with Gasteiger partial charge in [0.1, 0.15) is 11.5 Å². The summed E-state index contributed by atoms with van der Waals surface area (Å²) in [4.78, 5) is 0.